The fourth-order valence-corrected chi connectivity index (χ4v) is 3.92. The molecule has 2 atom stereocenters. The predicted molar refractivity (Wildman–Crippen MR) is 95.2 cm³/mol. The van der Waals surface area contributed by atoms with Gasteiger partial charge in [-0.3, -0.25) is 0 Å². The van der Waals surface area contributed by atoms with Crippen molar-refractivity contribution in [3.8, 4) is 0 Å². The van der Waals surface area contributed by atoms with Crippen LogP contribution in [0.25, 0.3) is 0 Å². The van der Waals surface area contributed by atoms with E-state index in [1.165, 1.54) is 24.0 Å². The molecule has 0 radical (unpaired) electrons. The second-order valence-corrected chi connectivity index (χ2v) is 7.81. The average Bonchev–Trinajstić information content (AvgIpc) is 3.39. The largest absolute Gasteiger partial charge is 0.347 e. The quantitative estimate of drug-likeness (QED) is 0.914. The molecule has 1 aromatic rings. The Bertz CT molecular complexity index is 618. The van der Waals surface area contributed by atoms with Crippen LogP contribution in [-0.4, -0.2) is 42.5 Å². The van der Waals surface area contributed by atoms with Crippen molar-refractivity contribution in [1.29, 1.82) is 0 Å². The molecule has 2 saturated heterocycles. The van der Waals surface area contributed by atoms with Crippen molar-refractivity contribution in [1.82, 2.24) is 10.2 Å². The first-order valence-electron chi connectivity index (χ1n) is 9.48. The first-order chi connectivity index (χ1) is 12.0. The molecule has 0 aromatic heterocycles. The topological polar surface area (TPSA) is 50.8 Å². The molecule has 136 valence electrons. The van der Waals surface area contributed by atoms with E-state index < -0.39 is 5.79 Å². The number of hydrogen-bond acceptors (Lipinski definition) is 3. The van der Waals surface area contributed by atoms with Crippen molar-refractivity contribution in [3.63, 3.8) is 0 Å². The van der Waals surface area contributed by atoms with Gasteiger partial charge in [-0.05, 0) is 38.2 Å². The van der Waals surface area contributed by atoms with E-state index in [9.17, 15) is 4.79 Å². The molecule has 1 spiro atoms. The van der Waals surface area contributed by atoms with Gasteiger partial charge >= 0.3 is 6.03 Å². The van der Waals surface area contributed by atoms with Crippen molar-refractivity contribution < 1.29 is 14.3 Å². The molecule has 2 amide bonds. The van der Waals surface area contributed by atoms with Crippen molar-refractivity contribution >= 4 is 6.03 Å². The van der Waals surface area contributed by atoms with E-state index in [4.69, 9.17) is 9.47 Å². The number of likely N-dealkylation sites (tertiary alicyclic amines) is 1. The summed E-state index contributed by atoms with van der Waals surface area (Å²) in [5, 5.41) is 3.28. The monoisotopic (exact) mass is 344 g/mol. The molecule has 3 aliphatic rings. The molecule has 2 heterocycles. The Labute approximate surface area is 149 Å². The van der Waals surface area contributed by atoms with Crippen LogP contribution < -0.4 is 5.32 Å². The summed E-state index contributed by atoms with van der Waals surface area (Å²) in [7, 11) is 0. The summed E-state index contributed by atoms with van der Waals surface area (Å²) in [6, 6.07) is 8.70. The van der Waals surface area contributed by atoms with Gasteiger partial charge in [0.05, 0.1) is 18.8 Å². The Morgan fingerprint density at radius 3 is 2.48 bits per heavy atom. The molecule has 5 nitrogen and oxygen atoms in total. The fourth-order valence-electron chi connectivity index (χ4n) is 3.92. The standard InChI is InChI=1S/C20H28N2O3/c1-14-3-5-16(6-4-14)18(17-7-8-17)21-19(23)22-11-9-20(10-12-22)24-13-15(2)25-20/h3-6,15,17-18H,7-13H2,1-2H3,(H,21,23)/t15-,18+/m0/s1. The first-order valence-corrected chi connectivity index (χ1v) is 9.48. The van der Waals surface area contributed by atoms with Crippen LogP contribution in [0.4, 0.5) is 4.79 Å². The Hall–Kier alpha value is -1.59. The van der Waals surface area contributed by atoms with E-state index in [-0.39, 0.29) is 18.2 Å². The zero-order valence-electron chi connectivity index (χ0n) is 15.2. The normalized spacial score (nSPS) is 26.6. The van der Waals surface area contributed by atoms with Gasteiger partial charge in [0.1, 0.15) is 0 Å². The van der Waals surface area contributed by atoms with Crippen LogP contribution in [-0.2, 0) is 9.47 Å². The number of amides is 2. The lowest BCUT2D eigenvalue weighted by atomic mass is 10.0. The maximum absolute atomic E-state index is 12.8. The van der Waals surface area contributed by atoms with Crippen LogP contribution in [0.1, 0.15) is 49.8 Å². The Morgan fingerprint density at radius 2 is 1.92 bits per heavy atom. The lowest BCUT2D eigenvalue weighted by Gasteiger charge is -2.38. The molecule has 1 aromatic carbocycles. The smallest absolute Gasteiger partial charge is 0.317 e. The zero-order chi connectivity index (χ0) is 17.4. The number of nitrogens with zero attached hydrogens (tertiary/aromatic N) is 1. The fraction of sp³-hybridized carbons (Fsp3) is 0.650. The first kappa shape index (κ1) is 16.9. The number of benzene rings is 1. The molecule has 1 saturated carbocycles. The molecule has 3 fully saturated rings. The molecule has 2 aliphatic heterocycles. The predicted octanol–water partition coefficient (Wildman–Crippen LogP) is 3.38. The van der Waals surface area contributed by atoms with Crippen molar-refractivity contribution in [3.05, 3.63) is 35.4 Å². The van der Waals surface area contributed by atoms with Crippen LogP contribution >= 0.6 is 0 Å². The van der Waals surface area contributed by atoms with Crippen LogP contribution in [0.5, 0.6) is 0 Å². The van der Waals surface area contributed by atoms with Gasteiger partial charge in [-0.25, -0.2) is 4.79 Å². The lowest BCUT2D eigenvalue weighted by molar-refractivity contribution is -0.189. The average molecular weight is 344 g/mol. The van der Waals surface area contributed by atoms with E-state index in [1.807, 2.05) is 11.8 Å². The van der Waals surface area contributed by atoms with Gasteiger partial charge in [-0.2, -0.15) is 0 Å². The molecule has 0 bridgehead atoms. The van der Waals surface area contributed by atoms with E-state index >= 15 is 0 Å². The number of carbonyl (C=O) groups is 1. The van der Waals surface area contributed by atoms with E-state index in [1.54, 1.807) is 0 Å². The van der Waals surface area contributed by atoms with Gasteiger partial charge in [-0.1, -0.05) is 29.8 Å². The van der Waals surface area contributed by atoms with E-state index in [0.717, 1.165) is 12.8 Å². The number of carbonyl (C=O) groups excluding carboxylic acids is 1. The summed E-state index contributed by atoms with van der Waals surface area (Å²) in [5.41, 5.74) is 2.46. The van der Waals surface area contributed by atoms with Gasteiger partial charge in [0.15, 0.2) is 5.79 Å². The number of hydrogen-bond donors (Lipinski definition) is 1. The molecular formula is C20H28N2O3. The van der Waals surface area contributed by atoms with Crippen LogP contribution in [0, 0.1) is 12.8 Å². The molecule has 1 N–H and O–H groups in total. The SMILES string of the molecule is Cc1ccc([C@@H](NC(=O)N2CCC3(CC2)OC[C@H](C)O3)C2CC2)cc1. The zero-order valence-corrected chi connectivity index (χ0v) is 15.2. The van der Waals surface area contributed by atoms with Gasteiger partial charge in [-0.15, -0.1) is 0 Å². The number of ether oxygens (including phenoxy) is 2. The minimum atomic E-state index is -0.455. The minimum absolute atomic E-state index is 0.0402. The number of aryl methyl sites for hydroxylation is 1. The molecule has 4 rings (SSSR count). The molecular weight excluding hydrogens is 316 g/mol. The Balaban J connectivity index is 1.37. The number of urea groups is 1. The highest BCUT2D eigenvalue weighted by Crippen LogP contribution is 2.41. The highest BCUT2D eigenvalue weighted by atomic mass is 16.7. The third-order valence-corrected chi connectivity index (χ3v) is 5.62. The third-order valence-electron chi connectivity index (χ3n) is 5.62. The van der Waals surface area contributed by atoms with Crippen LogP contribution in [0.2, 0.25) is 0 Å². The number of rotatable bonds is 3. The van der Waals surface area contributed by atoms with Crippen molar-refractivity contribution in [2.24, 2.45) is 5.92 Å². The molecule has 0 unspecified atom stereocenters. The summed E-state index contributed by atoms with van der Waals surface area (Å²) >= 11 is 0. The molecule has 25 heavy (non-hydrogen) atoms. The Kier molecular flexibility index (Phi) is 4.46. The number of nitrogens with one attached hydrogen (secondary N) is 1. The third kappa shape index (κ3) is 3.67. The molecule has 5 heteroatoms. The maximum atomic E-state index is 12.8. The van der Waals surface area contributed by atoms with Gasteiger partial charge in [0.25, 0.3) is 0 Å². The van der Waals surface area contributed by atoms with Crippen LogP contribution in [0.15, 0.2) is 24.3 Å². The lowest BCUT2D eigenvalue weighted by Crippen LogP contribution is -2.51. The summed E-state index contributed by atoms with van der Waals surface area (Å²) in [4.78, 5) is 14.7. The second-order valence-electron chi connectivity index (χ2n) is 7.81. The maximum Gasteiger partial charge on any atom is 0.317 e. The second kappa shape index (κ2) is 6.61. The summed E-state index contributed by atoms with van der Waals surface area (Å²) in [5.74, 6) is 0.119. The van der Waals surface area contributed by atoms with Crippen molar-refractivity contribution in [2.45, 2.75) is 57.5 Å². The summed E-state index contributed by atoms with van der Waals surface area (Å²) < 4.78 is 11.8. The highest BCUT2D eigenvalue weighted by molar-refractivity contribution is 5.75. The highest BCUT2D eigenvalue weighted by Gasteiger charge is 2.44. The summed E-state index contributed by atoms with van der Waals surface area (Å²) in [6.45, 7) is 6.15. The van der Waals surface area contributed by atoms with E-state index in [2.05, 4.69) is 36.5 Å². The molecule has 1 aliphatic carbocycles. The van der Waals surface area contributed by atoms with Crippen LogP contribution in [0.3, 0.4) is 0 Å². The minimum Gasteiger partial charge on any atom is -0.347 e. The summed E-state index contributed by atoms with van der Waals surface area (Å²) in [6.07, 6.45) is 4.05. The van der Waals surface area contributed by atoms with Crippen molar-refractivity contribution in [2.75, 3.05) is 19.7 Å². The van der Waals surface area contributed by atoms with Gasteiger partial charge in [0.2, 0.25) is 0 Å². The Morgan fingerprint density at radius 1 is 1.24 bits per heavy atom. The van der Waals surface area contributed by atoms with Gasteiger partial charge in [0, 0.05) is 25.9 Å². The van der Waals surface area contributed by atoms with Gasteiger partial charge < -0.3 is 19.7 Å². The number of piperidine rings is 1. The van der Waals surface area contributed by atoms with E-state index in [0.29, 0.717) is 25.6 Å².